The molecule has 0 saturated heterocycles. The van der Waals surface area contributed by atoms with E-state index in [-0.39, 0.29) is 3.70 Å². The smallest absolute Gasteiger partial charge is 0.403 e. The molecule has 1 aromatic rings. The average Bonchev–Trinajstić information content (AvgIpc) is 1.93. The van der Waals surface area contributed by atoms with Crippen LogP contribution in [0.15, 0.2) is 12.1 Å². The van der Waals surface area contributed by atoms with Gasteiger partial charge in [0.05, 0.1) is 0 Å². The van der Waals surface area contributed by atoms with Gasteiger partial charge in [-0.05, 0) is 34.7 Å². The maximum atomic E-state index is 12.3. The highest BCUT2D eigenvalue weighted by atomic mass is 127. The lowest BCUT2D eigenvalue weighted by molar-refractivity contribution is -0.275. The van der Waals surface area contributed by atoms with Gasteiger partial charge in [0.25, 0.3) is 0 Å². The molecule has 0 atom stereocenters. The third-order valence-electron chi connectivity index (χ3n) is 1.01. The molecule has 0 spiro atoms. The summed E-state index contributed by atoms with van der Waals surface area (Å²) in [5, 5.41) is 0. The van der Waals surface area contributed by atoms with Crippen molar-refractivity contribution in [1.82, 2.24) is 4.98 Å². The van der Waals surface area contributed by atoms with E-state index in [9.17, 15) is 17.6 Å². The largest absolute Gasteiger partial charge is 0.573 e. The first-order valence-electron chi connectivity index (χ1n) is 2.96. The summed E-state index contributed by atoms with van der Waals surface area (Å²) < 4.78 is 50.7. The fraction of sp³-hybridized carbons (Fsp3) is 0.167. The fourth-order valence-corrected chi connectivity index (χ4v) is 1.12. The monoisotopic (exact) mass is 307 g/mol. The molecule has 0 fully saturated rings. The zero-order chi connectivity index (χ0) is 10.1. The molecular formula is C6H2F4INO. The van der Waals surface area contributed by atoms with Gasteiger partial charge in [0.1, 0.15) is 3.70 Å². The number of ether oxygens (including phenoxy) is 1. The minimum Gasteiger partial charge on any atom is -0.403 e. The zero-order valence-electron chi connectivity index (χ0n) is 5.90. The molecule has 0 aliphatic rings. The van der Waals surface area contributed by atoms with Crippen molar-refractivity contribution in [2.45, 2.75) is 6.36 Å². The summed E-state index contributed by atoms with van der Waals surface area (Å²) in [6.45, 7) is 0. The summed E-state index contributed by atoms with van der Waals surface area (Å²) in [4.78, 5) is 3.15. The van der Waals surface area contributed by atoms with Gasteiger partial charge in [0.2, 0.25) is 5.95 Å². The molecule has 0 saturated carbocycles. The van der Waals surface area contributed by atoms with Crippen molar-refractivity contribution in [2.75, 3.05) is 0 Å². The second kappa shape index (κ2) is 3.64. The molecule has 1 rings (SSSR count). The number of alkyl halides is 3. The maximum Gasteiger partial charge on any atom is 0.573 e. The van der Waals surface area contributed by atoms with Crippen LogP contribution in [0.1, 0.15) is 0 Å². The predicted molar refractivity (Wildman–Crippen MR) is 43.6 cm³/mol. The Bertz CT molecular complexity index is 314. The Hall–Kier alpha value is -0.600. The van der Waals surface area contributed by atoms with E-state index in [4.69, 9.17) is 0 Å². The first-order valence-corrected chi connectivity index (χ1v) is 4.04. The maximum absolute atomic E-state index is 12.3. The lowest BCUT2D eigenvalue weighted by Crippen LogP contribution is -2.18. The molecule has 0 unspecified atom stereocenters. The fourth-order valence-electron chi connectivity index (χ4n) is 0.600. The average molecular weight is 307 g/mol. The van der Waals surface area contributed by atoms with Crippen LogP contribution in [-0.2, 0) is 0 Å². The highest BCUT2D eigenvalue weighted by molar-refractivity contribution is 14.1. The van der Waals surface area contributed by atoms with Crippen LogP contribution in [-0.4, -0.2) is 11.3 Å². The summed E-state index contributed by atoms with van der Waals surface area (Å²) >= 11 is 1.45. The Labute approximate surface area is 84.1 Å². The van der Waals surface area contributed by atoms with Gasteiger partial charge in [0, 0.05) is 0 Å². The molecule has 1 aromatic heterocycles. The van der Waals surface area contributed by atoms with Crippen LogP contribution in [0.5, 0.6) is 5.75 Å². The van der Waals surface area contributed by atoms with Crippen LogP contribution in [0.25, 0.3) is 0 Å². The van der Waals surface area contributed by atoms with Gasteiger partial charge in [0.15, 0.2) is 5.75 Å². The highest BCUT2D eigenvalue weighted by Crippen LogP contribution is 2.26. The lowest BCUT2D eigenvalue weighted by atomic mass is 10.5. The number of aromatic nitrogens is 1. The number of halogens is 5. The van der Waals surface area contributed by atoms with Crippen molar-refractivity contribution >= 4 is 22.6 Å². The topological polar surface area (TPSA) is 22.1 Å². The van der Waals surface area contributed by atoms with Crippen molar-refractivity contribution in [1.29, 1.82) is 0 Å². The molecule has 72 valence electrons. The Morgan fingerprint density at radius 3 is 2.38 bits per heavy atom. The molecule has 0 amide bonds. The molecule has 0 aliphatic heterocycles. The van der Waals surface area contributed by atoms with Gasteiger partial charge in [-0.1, -0.05) is 0 Å². The molecule has 0 N–H and O–H groups in total. The van der Waals surface area contributed by atoms with Gasteiger partial charge in [-0.25, -0.2) is 4.98 Å². The van der Waals surface area contributed by atoms with Crippen LogP contribution >= 0.6 is 22.6 Å². The van der Waals surface area contributed by atoms with Gasteiger partial charge < -0.3 is 4.74 Å². The molecule has 1 heterocycles. The molecule has 0 bridgehead atoms. The van der Waals surface area contributed by atoms with Crippen LogP contribution in [0.2, 0.25) is 0 Å². The second-order valence-electron chi connectivity index (χ2n) is 1.97. The van der Waals surface area contributed by atoms with E-state index in [0.717, 1.165) is 12.1 Å². The quantitative estimate of drug-likeness (QED) is 0.452. The van der Waals surface area contributed by atoms with E-state index in [1.165, 1.54) is 22.6 Å². The second-order valence-corrected chi connectivity index (χ2v) is 2.99. The summed E-state index contributed by atoms with van der Waals surface area (Å²) in [5.41, 5.74) is 0. The number of nitrogens with zero attached hydrogens (tertiary/aromatic N) is 1. The Morgan fingerprint density at radius 1 is 1.31 bits per heavy atom. The van der Waals surface area contributed by atoms with Gasteiger partial charge in [-0.15, -0.1) is 13.2 Å². The molecule has 13 heavy (non-hydrogen) atoms. The minimum atomic E-state index is -4.78. The van der Waals surface area contributed by atoms with Gasteiger partial charge >= 0.3 is 6.36 Å². The lowest BCUT2D eigenvalue weighted by Gasteiger charge is -2.09. The van der Waals surface area contributed by atoms with E-state index in [1.54, 1.807) is 0 Å². The van der Waals surface area contributed by atoms with E-state index in [0.29, 0.717) is 0 Å². The SMILES string of the molecule is Fc1ccc(OC(F)(F)F)c(I)n1. The van der Waals surface area contributed by atoms with Crippen molar-refractivity contribution in [3.63, 3.8) is 0 Å². The van der Waals surface area contributed by atoms with Crippen molar-refractivity contribution in [3.05, 3.63) is 21.8 Å². The minimum absolute atomic E-state index is 0.171. The first kappa shape index (κ1) is 10.5. The summed E-state index contributed by atoms with van der Waals surface area (Å²) in [7, 11) is 0. The summed E-state index contributed by atoms with van der Waals surface area (Å²) in [5.74, 6) is -1.35. The van der Waals surface area contributed by atoms with E-state index >= 15 is 0 Å². The van der Waals surface area contributed by atoms with Gasteiger partial charge in [-0.2, -0.15) is 4.39 Å². The number of pyridine rings is 1. The number of hydrogen-bond donors (Lipinski definition) is 0. The zero-order valence-corrected chi connectivity index (χ0v) is 8.06. The summed E-state index contributed by atoms with van der Waals surface area (Å²) in [6, 6.07) is 1.67. The molecular weight excluding hydrogens is 305 g/mol. The van der Waals surface area contributed by atoms with Crippen molar-refractivity contribution in [2.24, 2.45) is 0 Å². The Kier molecular flexibility index (Phi) is 2.94. The summed E-state index contributed by atoms with van der Waals surface area (Å²) in [6.07, 6.45) is -4.78. The van der Waals surface area contributed by atoms with E-state index in [1.807, 2.05) is 0 Å². The molecule has 7 heteroatoms. The van der Waals surface area contributed by atoms with E-state index in [2.05, 4.69) is 9.72 Å². The standard InChI is InChI=1S/C6H2F4INO/c7-4-2-1-3(5(11)12-4)13-6(8,9)10/h1-2H. The third-order valence-corrected chi connectivity index (χ3v) is 1.78. The predicted octanol–water partition coefficient (Wildman–Crippen LogP) is 2.72. The molecule has 0 aliphatic carbocycles. The Balaban J connectivity index is 2.90. The van der Waals surface area contributed by atoms with Crippen molar-refractivity contribution in [3.8, 4) is 5.75 Å². The van der Waals surface area contributed by atoms with Crippen LogP contribution in [0, 0.1) is 9.65 Å². The normalized spacial score (nSPS) is 11.5. The molecule has 2 nitrogen and oxygen atoms in total. The van der Waals surface area contributed by atoms with Crippen LogP contribution in [0.4, 0.5) is 17.6 Å². The van der Waals surface area contributed by atoms with E-state index < -0.39 is 18.1 Å². The van der Waals surface area contributed by atoms with Crippen LogP contribution < -0.4 is 4.74 Å². The third kappa shape index (κ3) is 3.33. The highest BCUT2D eigenvalue weighted by Gasteiger charge is 2.32. The number of rotatable bonds is 1. The van der Waals surface area contributed by atoms with Crippen LogP contribution in [0.3, 0.4) is 0 Å². The Morgan fingerprint density at radius 2 is 1.92 bits per heavy atom. The van der Waals surface area contributed by atoms with Crippen molar-refractivity contribution < 1.29 is 22.3 Å². The molecule has 0 aromatic carbocycles. The number of hydrogen-bond acceptors (Lipinski definition) is 2. The first-order chi connectivity index (χ1) is 5.88. The molecule has 0 radical (unpaired) electrons. The van der Waals surface area contributed by atoms with Gasteiger partial charge in [-0.3, -0.25) is 0 Å².